The van der Waals surface area contributed by atoms with E-state index in [1.54, 1.807) is 11.3 Å². The van der Waals surface area contributed by atoms with E-state index in [-0.39, 0.29) is 0 Å². The predicted molar refractivity (Wildman–Crippen MR) is 76.2 cm³/mol. The Labute approximate surface area is 114 Å². The maximum absolute atomic E-state index is 10.7. The zero-order chi connectivity index (χ0) is 13.2. The second kappa shape index (κ2) is 5.68. The predicted octanol–water partition coefficient (Wildman–Crippen LogP) is 2.54. The minimum atomic E-state index is -0.527. The number of hydrogen-bond donors (Lipinski definition) is 1. The van der Waals surface area contributed by atoms with Crippen molar-refractivity contribution in [2.24, 2.45) is 0 Å². The summed E-state index contributed by atoms with van der Waals surface area (Å²) in [6.45, 7) is 9.56. The van der Waals surface area contributed by atoms with Crippen molar-refractivity contribution in [3.63, 3.8) is 0 Å². The lowest BCUT2D eigenvalue weighted by Crippen LogP contribution is -2.45. The van der Waals surface area contributed by atoms with Crippen LogP contribution in [0.15, 0.2) is 0 Å². The molecule has 1 N–H and O–H groups in total. The van der Waals surface area contributed by atoms with Gasteiger partial charge in [0, 0.05) is 24.4 Å². The lowest BCUT2D eigenvalue weighted by atomic mass is 9.88. The Hall–Kier alpha value is -0.450. The largest absolute Gasteiger partial charge is 0.389 e. The SMILES string of the molecule is CCCN1CCC(O)(Cc2nc(C)c(C)s2)CC1. The summed E-state index contributed by atoms with van der Waals surface area (Å²) in [5, 5.41) is 11.7. The highest BCUT2D eigenvalue weighted by molar-refractivity contribution is 7.11. The molecule has 2 heterocycles. The number of aliphatic hydroxyl groups is 1. The van der Waals surface area contributed by atoms with Crippen LogP contribution in [0.3, 0.4) is 0 Å². The summed E-state index contributed by atoms with van der Waals surface area (Å²) in [5.41, 5.74) is 0.586. The molecule has 0 amide bonds. The van der Waals surface area contributed by atoms with E-state index in [1.807, 2.05) is 6.92 Å². The van der Waals surface area contributed by atoms with Crippen molar-refractivity contribution in [1.82, 2.24) is 9.88 Å². The van der Waals surface area contributed by atoms with Crippen molar-refractivity contribution in [2.45, 2.75) is 52.1 Å². The molecule has 0 bridgehead atoms. The van der Waals surface area contributed by atoms with Crippen LogP contribution in [0.25, 0.3) is 0 Å². The van der Waals surface area contributed by atoms with Gasteiger partial charge in [0.05, 0.1) is 16.3 Å². The van der Waals surface area contributed by atoms with E-state index in [1.165, 1.54) is 11.3 Å². The summed E-state index contributed by atoms with van der Waals surface area (Å²) >= 11 is 1.73. The van der Waals surface area contributed by atoms with Crippen molar-refractivity contribution in [2.75, 3.05) is 19.6 Å². The zero-order valence-electron chi connectivity index (χ0n) is 11.7. The first-order valence-corrected chi connectivity index (χ1v) is 7.72. The Bertz CT molecular complexity index is 375. The Balaban J connectivity index is 1.93. The molecule has 1 aliphatic rings. The molecule has 1 aromatic heterocycles. The maximum atomic E-state index is 10.7. The van der Waals surface area contributed by atoms with E-state index < -0.39 is 5.60 Å². The van der Waals surface area contributed by atoms with Crippen LogP contribution in [0.5, 0.6) is 0 Å². The van der Waals surface area contributed by atoms with Gasteiger partial charge >= 0.3 is 0 Å². The van der Waals surface area contributed by atoms with Crippen LogP contribution in [0, 0.1) is 13.8 Å². The van der Waals surface area contributed by atoms with Crippen LogP contribution in [0.2, 0.25) is 0 Å². The number of thiazole rings is 1. The fraction of sp³-hybridized carbons (Fsp3) is 0.786. The third-order valence-electron chi connectivity index (χ3n) is 3.88. The Morgan fingerprint density at radius 2 is 2.00 bits per heavy atom. The molecule has 18 heavy (non-hydrogen) atoms. The fourth-order valence-electron chi connectivity index (χ4n) is 2.58. The van der Waals surface area contributed by atoms with Crippen LogP contribution in [-0.2, 0) is 6.42 Å². The number of piperidine rings is 1. The number of nitrogens with zero attached hydrogens (tertiary/aromatic N) is 2. The van der Waals surface area contributed by atoms with E-state index in [2.05, 4.69) is 23.7 Å². The molecule has 0 atom stereocenters. The molecule has 0 aromatic carbocycles. The Morgan fingerprint density at radius 1 is 1.33 bits per heavy atom. The minimum Gasteiger partial charge on any atom is -0.389 e. The highest BCUT2D eigenvalue weighted by atomic mass is 32.1. The van der Waals surface area contributed by atoms with Gasteiger partial charge in [0.25, 0.3) is 0 Å². The number of rotatable bonds is 4. The summed E-state index contributed by atoms with van der Waals surface area (Å²) in [4.78, 5) is 8.28. The van der Waals surface area contributed by atoms with Gasteiger partial charge in [-0.2, -0.15) is 0 Å². The van der Waals surface area contributed by atoms with Crippen molar-refractivity contribution in [1.29, 1.82) is 0 Å². The quantitative estimate of drug-likeness (QED) is 0.911. The highest BCUT2D eigenvalue weighted by Gasteiger charge is 2.33. The first-order valence-electron chi connectivity index (χ1n) is 6.90. The summed E-state index contributed by atoms with van der Waals surface area (Å²) < 4.78 is 0. The van der Waals surface area contributed by atoms with E-state index in [4.69, 9.17) is 0 Å². The number of likely N-dealkylation sites (tertiary alicyclic amines) is 1. The number of aryl methyl sites for hydroxylation is 2. The maximum Gasteiger partial charge on any atom is 0.0959 e. The summed E-state index contributed by atoms with van der Waals surface area (Å²) in [7, 11) is 0. The van der Waals surface area contributed by atoms with Gasteiger partial charge in [0.1, 0.15) is 0 Å². The van der Waals surface area contributed by atoms with Crippen LogP contribution in [0.1, 0.15) is 41.8 Å². The second-order valence-corrected chi connectivity index (χ2v) is 6.78. The van der Waals surface area contributed by atoms with E-state index >= 15 is 0 Å². The monoisotopic (exact) mass is 268 g/mol. The number of aromatic nitrogens is 1. The minimum absolute atomic E-state index is 0.527. The average Bonchev–Trinajstić information content (AvgIpc) is 2.61. The molecule has 0 spiro atoms. The lowest BCUT2D eigenvalue weighted by molar-refractivity contribution is -0.0205. The first-order chi connectivity index (χ1) is 8.52. The molecule has 0 saturated carbocycles. The molecule has 0 radical (unpaired) electrons. The Kier molecular flexibility index (Phi) is 4.41. The third kappa shape index (κ3) is 3.31. The molecule has 3 nitrogen and oxygen atoms in total. The molecule has 102 valence electrons. The van der Waals surface area contributed by atoms with Crippen LogP contribution < -0.4 is 0 Å². The van der Waals surface area contributed by atoms with Crippen molar-refractivity contribution in [3.05, 3.63) is 15.6 Å². The summed E-state index contributed by atoms with van der Waals surface area (Å²) in [5.74, 6) is 0. The molecule has 2 rings (SSSR count). The Morgan fingerprint density at radius 3 is 2.50 bits per heavy atom. The van der Waals surface area contributed by atoms with Gasteiger partial charge in [-0.1, -0.05) is 6.92 Å². The standard InChI is InChI=1S/C14H24N2OS/c1-4-7-16-8-5-14(17,6-9-16)10-13-15-11(2)12(3)18-13/h17H,4-10H2,1-3H3. The fourth-order valence-corrected chi connectivity index (χ4v) is 3.65. The molecule has 1 aliphatic heterocycles. The molecule has 1 aromatic rings. The summed E-state index contributed by atoms with van der Waals surface area (Å²) in [6.07, 6.45) is 3.69. The molecule has 4 heteroatoms. The number of hydrogen-bond acceptors (Lipinski definition) is 4. The van der Waals surface area contributed by atoms with E-state index in [9.17, 15) is 5.11 Å². The van der Waals surface area contributed by atoms with E-state index in [0.29, 0.717) is 0 Å². The average molecular weight is 268 g/mol. The zero-order valence-corrected chi connectivity index (χ0v) is 12.5. The normalized spacial score (nSPS) is 20.2. The topological polar surface area (TPSA) is 36.4 Å². The lowest BCUT2D eigenvalue weighted by Gasteiger charge is -2.37. The van der Waals surface area contributed by atoms with Crippen molar-refractivity contribution >= 4 is 11.3 Å². The van der Waals surface area contributed by atoms with Gasteiger partial charge in [0.15, 0.2) is 0 Å². The second-order valence-electron chi connectivity index (χ2n) is 5.49. The van der Waals surface area contributed by atoms with Gasteiger partial charge < -0.3 is 10.0 Å². The molecular weight excluding hydrogens is 244 g/mol. The molecule has 1 fully saturated rings. The van der Waals surface area contributed by atoms with Crippen LogP contribution >= 0.6 is 11.3 Å². The van der Waals surface area contributed by atoms with Gasteiger partial charge in [-0.3, -0.25) is 0 Å². The van der Waals surface area contributed by atoms with Crippen molar-refractivity contribution < 1.29 is 5.11 Å². The van der Waals surface area contributed by atoms with Crippen molar-refractivity contribution in [3.8, 4) is 0 Å². The van der Waals surface area contributed by atoms with Gasteiger partial charge in [-0.25, -0.2) is 4.98 Å². The highest BCUT2D eigenvalue weighted by Crippen LogP contribution is 2.28. The molecule has 0 unspecified atom stereocenters. The van der Waals surface area contributed by atoms with Gasteiger partial charge in [-0.05, 0) is 39.7 Å². The summed E-state index contributed by atoms with van der Waals surface area (Å²) in [6, 6.07) is 0. The molecule has 0 aliphatic carbocycles. The first kappa shape index (κ1) is 14.0. The molecule has 1 saturated heterocycles. The van der Waals surface area contributed by atoms with E-state index in [0.717, 1.165) is 49.6 Å². The third-order valence-corrected chi connectivity index (χ3v) is 4.95. The van der Waals surface area contributed by atoms with Gasteiger partial charge in [0.2, 0.25) is 0 Å². The van der Waals surface area contributed by atoms with Crippen LogP contribution in [0.4, 0.5) is 0 Å². The van der Waals surface area contributed by atoms with Crippen LogP contribution in [-0.4, -0.2) is 40.2 Å². The smallest absolute Gasteiger partial charge is 0.0959 e. The molecular formula is C14H24N2OS. The van der Waals surface area contributed by atoms with Gasteiger partial charge in [-0.15, -0.1) is 11.3 Å².